The van der Waals surface area contributed by atoms with Gasteiger partial charge in [0, 0.05) is 11.4 Å². The van der Waals surface area contributed by atoms with Gasteiger partial charge in [-0.1, -0.05) is 224 Å². The summed E-state index contributed by atoms with van der Waals surface area (Å²) < 4.78 is 0. The summed E-state index contributed by atoms with van der Waals surface area (Å²) >= 11 is 0. The van der Waals surface area contributed by atoms with Crippen molar-refractivity contribution in [2.45, 2.75) is 11.6 Å². The molecule has 0 bridgehead atoms. The van der Waals surface area contributed by atoms with E-state index in [2.05, 4.69) is 271 Å². The molecule has 1 aliphatic carbocycles. The molecule has 0 saturated heterocycles. The van der Waals surface area contributed by atoms with Gasteiger partial charge in [0.15, 0.2) is 0 Å². The number of hydrogen-bond acceptors (Lipinski definition) is 3. The van der Waals surface area contributed by atoms with Crippen LogP contribution in [0.25, 0.3) is 50.2 Å². The zero-order valence-corrected chi connectivity index (χ0v) is 37.3. The minimum absolute atomic E-state index is 0.206. The van der Waals surface area contributed by atoms with Gasteiger partial charge < -0.3 is 10.2 Å². The van der Waals surface area contributed by atoms with Crippen LogP contribution in [0.5, 0.6) is 0 Å². The van der Waals surface area contributed by atoms with Crippen LogP contribution in [0.4, 0.5) is 17.1 Å². The average molecular weight is 868 g/mol. The van der Waals surface area contributed by atoms with Crippen LogP contribution in [-0.4, -0.2) is 5.71 Å². The molecule has 0 fully saturated rings. The monoisotopic (exact) mass is 867 g/mol. The van der Waals surface area contributed by atoms with Crippen molar-refractivity contribution in [2.75, 3.05) is 4.90 Å². The van der Waals surface area contributed by atoms with Crippen LogP contribution >= 0.6 is 0 Å². The fourth-order valence-corrected chi connectivity index (χ4v) is 11.0. The summed E-state index contributed by atoms with van der Waals surface area (Å²) in [6, 6.07) is 92.7. The van der Waals surface area contributed by atoms with Crippen molar-refractivity contribution in [1.29, 1.82) is 0 Å². The van der Waals surface area contributed by atoms with Gasteiger partial charge in [-0.3, -0.25) is 4.99 Å². The standard InChI is InChI=1S/C65H45N3/c1-4-16-44(17-5-1)45-32-36-49(37-33-45)60-43-61(67-64(66-60)51-18-6-2-7-19-51)50-38-34-47(35-39-50)46-28-30-48(31-29-46)52-40-41-55-54-22-10-11-23-56(54)65(59(55)42-52)57-24-12-14-26-62(57)68(53-20-8-3-9-21-53)63-27-15-13-25-58(63)65/h1-43,64,66H. The highest BCUT2D eigenvalue weighted by atomic mass is 15.2. The summed E-state index contributed by atoms with van der Waals surface area (Å²) in [4.78, 5) is 7.69. The Bertz CT molecular complexity index is 3510. The number of benzene rings is 10. The predicted molar refractivity (Wildman–Crippen MR) is 282 cm³/mol. The minimum atomic E-state index is -0.495. The number of rotatable bonds is 7. The fraction of sp³-hybridized carbons (Fsp3) is 0.0308. The third-order valence-electron chi connectivity index (χ3n) is 14.1. The van der Waals surface area contributed by atoms with Crippen molar-refractivity contribution in [3.05, 3.63) is 300 Å². The van der Waals surface area contributed by atoms with E-state index in [0.29, 0.717) is 0 Å². The second-order valence-electron chi connectivity index (χ2n) is 17.9. The Labute approximate surface area is 397 Å². The lowest BCUT2D eigenvalue weighted by Gasteiger charge is -2.45. The third-order valence-corrected chi connectivity index (χ3v) is 14.1. The highest BCUT2D eigenvalue weighted by Crippen LogP contribution is 2.63. The normalized spacial score (nSPS) is 15.0. The summed E-state index contributed by atoms with van der Waals surface area (Å²) in [5.41, 5.74) is 23.3. The van der Waals surface area contributed by atoms with E-state index in [1.807, 2.05) is 0 Å². The molecule has 10 aromatic rings. The predicted octanol–water partition coefficient (Wildman–Crippen LogP) is 16.0. The number of para-hydroxylation sites is 3. The molecule has 2 aliphatic heterocycles. The molecule has 1 atom stereocenters. The Morgan fingerprint density at radius 3 is 1.41 bits per heavy atom. The van der Waals surface area contributed by atoms with Gasteiger partial charge in [0.05, 0.1) is 22.5 Å². The summed E-state index contributed by atoms with van der Waals surface area (Å²) in [6.45, 7) is 0. The van der Waals surface area contributed by atoms with Crippen LogP contribution in [0, 0.1) is 0 Å². The SMILES string of the molecule is C1=C(c2ccc(-c3ccccc3)cc2)NC(c2ccccc2)N=C1c1ccc(-c2ccc(-c3ccc4c(c3)C3(c5ccccc5-4)c4ccccc4N(c4ccccc4)c4ccccc43)cc2)cc1. The number of hydrogen-bond donors (Lipinski definition) is 1. The molecule has 1 unspecified atom stereocenters. The Balaban J connectivity index is 0.839. The Morgan fingerprint density at radius 2 is 0.794 bits per heavy atom. The molecule has 320 valence electrons. The lowest BCUT2D eigenvalue weighted by Crippen LogP contribution is -2.36. The maximum absolute atomic E-state index is 5.25. The van der Waals surface area contributed by atoms with Gasteiger partial charge in [-0.2, -0.15) is 0 Å². The first-order valence-corrected chi connectivity index (χ1v) is 23.5. The second kappa shape index (κ2) is 16.3. The molecule has 0 radical (unpaired) electrons. The van der Waals surface area contributed by atoms with Gasteiger partial charge in [0.1, 0.15) is 6.17 Å². The van der Waals surface area contributed by atoms with E-state index in [0.717, 1.165) is 39.3 Å². The molecular weight excluding hydrogens is 823 g/mol. The summed E-state index contributed by atoms with van der Waals surface area (Å²) in [5.74, 6) is 0. The molecule has 13 rings (SSSR count). The number of allylic oxidation sites excluding steroid dienone is 1. The highest BCUT2D eigenvalue weighted by Gasteiger charge is 2.51. The molecule has 0 aromatic heterocycles. The lowest BCUT2D eigenvalue weighted by molar-refractivity contribution is 0.664. The van der Waals surface area contributed by atoms with Crippen molar-refractivity contribution in [3.63, 3.8) is 0 Å². The first-order valence-electron chi connectivity index (χ1n) is 23.5. The van der Waals surface area contributed by atoms with E-state index in [-0.39, 0.29) is 6.17 Å². The van der Waals surface area contributed by atoms with Crippen molar-refractivity contribution >= 4 is 28.5 Å². The van der Waals surface area contributed by atoms with E-state index in [4.69, 9.17) is 4.99 Å². The smallest absolute Gasteiger partial charge is 0.145 e. The van der Waals surface area contributed by atoms with Crippen molar-refractivity contribution in [1.82, 2.24) is 5.32 Å². The molecule has 3 nitrogen and oxygen atoms in total. The first kappa shape index (κ1) is 39.6. The van der Waals surface area contributed by atoms with Crippen LogP contribution < -0.4 is 10.2 Å². The number of anilines is 3. The molecular formula is C65H45N3. The summed E-state index contributed by atoms with van der Waals surface area (Å²) in [7, 11) is 0. The number of aliphatic imine (C=N–C) groups is 1. The Hall–Kier alpha value is -8.79. The second-order valence-corrected chi connectivity index (χ2v) is 17.9. The van der Waals surface area contributed by atoms with Gasteiger partial charge in [-0.25, -0.2) is 0 Å². The zero-order valence-electron chi connectivity index (χ0n) is 37.3. The molecule has 1 spiro atoms. The summed E-state index contributed by atoms with van der Waals surface area (Å²) in [6.07, 6.45) is 1.98. The van der Waals surface area contributed by atoms with Crippen LogP contribution in [0.1, 0.15) is 45.1 Å². The number of nitrogens with one attached hydrogen (secondary N) is 1. The Kier molecular flexibility index (Phi) is 9.47. The molecule has 0 saturated carbocycles. The van der Waals surface area contributed by atoms with Crippen LogP contribution in [0.15, 0.2) is 266 Å². The highest BCUT2D eigenvalue weighted by molar-refractivity contribution is 6.13. The average Bonchev–Trinajstić information content (AvgIpc) is 3.71. The van der Waals surface area contributed by atoms with Gasteiger partial charge in [-0.05, 0) is 120 Å². The molecule has 3 heteroatoms. The van der Waals surface area contributed by atoms with E-state index < -0.39 is 5.41 Å². The van der Waals surface area contributed by atoms with Gasteiger partial charge in [-0.15, -0.1) is 0 Å². The molecule has 3 aliphatic rings. The molecule has 1 N–H and O–H groups in total. The third kappa shape index (κ3) is 6.47. The maximum atomic E-state index is 5.25. The van der Waals surface area contributed by atoms with Gasteiger partial charge >= 0.3 is 0 Å². The van der Waals surface area contributed by atoms with Crippen LogP contribution in [-0.2, 0) is 5.41 Å². The maximum Gasteiger partial charge on any atom is 0.145 e. The topological polar surface area (TPSA) is 27.6 Å². The lowest BCUT2D eigenvalue weighted by atomic mass is 9.64. The van der Waals surface area contributed by atoms with Crippen LogP contribution in [0.3, 0.4) is 0 Å². The Morgan fingerprint density at radius 1 is 0.353 bits per heavy atom. The van der Waals surface area contributed by atoms with Gasteiger partial charge in [0.2, 0.25) is 0 Å². The van der Waals surface area contributed by atoms with Crippen molar-refractivity contribution in [3.8, 4) is 44.5 Å². The molecule has 68 heavy (non-hydrogen) atoms. The molecule has 0 amide bonds. The van der Waals surface area contributed by atoms with Crippen LogP contribution in [0.2, 0.25) is 0 Å². The van der Waals surface area contributed by atoms with Crippen molar-refractivity contribution in [2.24, 2.45) is 4.99 Å². The van der Waals surface area contributed by atoms with Crippen molar-refractivity contribution < 1.29 is 0 Å². The molecule has 10 aromatic carbocycles. The van der Waals surface area contributed by atoms with E-state index in [1.54, 1.807) is 0 Å². The number of nitrogens with zero attached hydrogens (tertiary/aromatic N) is 2. The first-order chi connectivity index (χ1) is 33.7. The fourth-order valence-electron chi connectivity index (χ4n) is 11.0. The summed E-state index contributed by atoms with van der Waals surface area (Å²) in [5, 5.41) is 3.72. The van der Waals surface area contributed by atoms with E-state index in [9.17, 15) is 0 Å². The van der Waals surface area contributed by atoms with Gasteiger partial charge in [0.25, 0.3) is 0 Å². The molecule has 2 heterocycles. The quantitative estimate of drug-likeness (QED) is 0.173. The van der Waals surface area contributed by atoms with E-state index >= 15 is 0 Å². The van der Waals surface area contributed by atoms with E-state index in [1.165, 1.54) is 72.6 Å². The minimum Gasteiger partial charge on any atom is -0.360 e. The largest absolute Gasteiger partial charge is 0.360 e. The number of fused-ring (bicyclic) bond motifs is 9. The zero-order chi connectivity index (χ0) is 45.0.